The maximum absolute atomic E-state index is 12.6. The molecule has 0 aliphatic heterocycles. The number of benzene rings is 1. The predicted molar refractivity (Wildman–Crippen MR) is 98.3 cm³/mol. The van der Waals surface area contributed by atoms with Gasteiger partial charge in [0.15, 0.2) is 0 Å². The summed E-state index contributed by atoms with van der Waals surface area (Å²) in [5.74, 6) is -0.0849. The number of H-pyrrole nitrogens is 2. The van der Waals surface area contributed by atoms with E-state index >= 15 is 0 Å². The minimum Gasteiger partial charge on any atom is -0.380 e. The highest BCUT2D eigenvalue weighted by molar-refractivity contribution is 5.97. The number of hydrogen-bond acceptors (Lipinski definition) is 4. The molecular weight excluding hydrogens is 334 g/mol. The van der Waals surface area contributed by atoms with E-state index in [1.54, 1.807) is 40.9 Å². The summed E-state index contributed by atoms with van der Waals surface area (Å²) in [5.41, 5.74) is 2.83. The topological polar surface area (TPSA) is 96.0 Å². The molecule has 0 fully saturated rings. The van der Waals surface area contributed by atoms with E-state index in [4.69, 9.17) is 4.74 Å². The molecule has 0 saturated heterocycles. The van der Waals surface area contributed by atoms with Gasteiger partial charge in [-0.05, 0) is 37.1 Å². The van der Waals surface area contributed by atoms with Crippen molar-refractivity contribution in [3.8, 4) is 0 Å². The van der Waals surface area contributed by atoms with Gasteiger partial charge in [-0.25, -0.2) is 4.79 Å². The van der Waals surface area contributed by atoms with Crippen molar-refractivity contribution in [2.24, 2.45) is 0 Å². The number of fused-ring (bicyclic) bond motifs is 1. The molecule has 0 atom stereocenters. The lowest BCUT2D eigenvalue weighted by atomic mass is 10.1. The third kappa shape index (κ3) is 3.85. The maximum atomic E-state index is 12.6. The Morgan fingerprint density at radius 1 is 1.38 bits per heavy atom. The number of nitrogens with one attached hydrogen (secondary N) is 2. The fourth-order valence-electron chi connectivity index (χ4n) is 2.85. The van der Waals surface area contributed by atoms with Gasteiger partial charge in [-0.1, -0.05) is 0 Å². The lowest BCUT2D eigenvalue weighted by molar-refractivity contribution is 0.0796. The van der Waals surface area contributed by atoms with Crippen LogP contribution in [0.15, 0.2) is 35.4 Å². The molecule has 0 saturated carbocycles. The number of likely N-dealkylation sites (N-methyl/N-ethyl adjacent to an activating group) is 1. The first-order chi connectivity index (χ1) is 12.6. The van der Waals surface area contributed by atoms with Gasteiger partial charge in [0.25, 0.3) is 5.91 Å². The fraction of sp³-hybridized carbons (Fsp3) is 0.389. The van der Waals surface area contributed by atoms with Crippen LogP contribution in [0, 0.1) is 0 Å². The maximum Gasteiger partial charge on any atom is 0.326 e. The monoisotopic (exact) mass is 357 g/mol. The molecule has 1 aromatic carbocycles. The summed E-state index contributed by atoms with van der Waals surface area (Å²) in [4.78, 5) is 29.2. The molecule has 0 bridgehead atoms. The number of aromatic amines is 2. The fourth-order valence-corrected chi connectivity index (χ4v) is 2.85. The number of carbonyl (C=O) groups is 1. The van der Waals surface area contributed by atoms with Gasteiger partial charge in [-0.2, -0.15) is 5.10 Å². The van der Waals surface area contributed by atoms with E-state index < -0.39 is 0 Å². The second kappa shape index (κ2) is 8.01. The minimum atomic E-state index is -0.197. The standard InChI is InChI=1S/C18H23N5O3/c1-3-26-9-8-23-16-5-4-14(10-15(16)21-18(23)25)17(24)22(2)7-6-13-11-19-20-12-13/h4-5,10-12H,3,6-9H2,1-2H3,(H,19,20)(H,21,25). The average molecular weight is 357 g/mol. The van der Waals surface area contributed by atoms with Gasteiger partial charge in [-0.15, -0.1) is 0 Å². The lowest BCUT2D eigenvalue weighted by Gasteiger charge is -2.16. The first kappa shape index (κ1) is 17.9. The van der Waals surface area contributed by atoms with Crippen molar-refractivity contribution < 1.29 is 9.53 Å². The number of ether oxygens (including phenoxy) is 1. The number of hydrogen-bond donors (Lipinski definition) is 2. The molecule has 0 unspecified atom stereocenters. The van der Waals surface area contributed by atoms with Crippen molar-refractivity contribution in [3.05, 3.63) is 52.2 Å². The molecule has 0 aliphatic rings. The molecular formula is C18H23N5O3. The zero-order valence-corrected chi connectivity index (χ0v) is 15.0. The average Bonchev–Trinajstić information content (AvgIpc) is 3.26. The van der Waals surface area contributed by atoms with Crippen LogP contribution in [0.4, 0.5) is 0 Å². The number of rotatable bonds is 8. The normalized spacial score (nSPS) is 11.2. The molecule has 8 heteroatoms. The van der Waals surface area contributed by atoms with Crippen LogP contribution in [0.3, 0.4) is 0 Å². The molecule has 0 aliphatic carbocycles. The van der Waals surface area contributed by atoms with Crippen LogP contribution in [0.1, 0.15) is 22.8 Å². The van der Waals surface area contributed by atoms with Crippen LogP contribution in [0.5, 0.6) is 0 Å². The van der Waals surface area contributed by atoms with Crippen LogP contribution in [-0.4, -0.2) is 57.4 Å². The molecule has 1 amide bonds. The van der Waals surface area contributed by atoms with Gasteiger partial charge in [0.1, 0.15) is 0 Å². The van der Waals surface area contributed by atoms with Crippen LogP contribution in [-0.2, 0) is 17.7 Å². The van der Waals surface area contributed by atoms with E-state index in [9.17, 15) is 9.59 Å². The molecule has 0 spiro atoms. The Labute approximate surface area is 150 Å². The Bertz CT molecular complexity index is 926. The van der Waals surface area contributed by atoms with Gasteiger partial charge < -0.3 is 14.6 Å². The smallest absolute Gasteiger partial charge is 0.326 e. The van der Waals surface area contributed by atoms with Gasteiger partial charge in [-0.3, -0.25) is 14.5 Å². The number of imidazole rings is 1. The first-order valence-electron chi connectivity index (χ1n) is 8.63. The Kier molecular flexibility index (Phi) is 5.52. The third-order valence-corrected chi connectivity index (χ3v) is 4.32. The summed E-state index contributed by atoms with van der Waals surface area (Å²) < 4.78 is 6.95. The Balaban J connectivity index is 1.73. The summed E-state index contributed by atoms with van der Waals surface area (Å²) in [6.07, 6.45) is 4.30. The van der Waals surface area contributed by atoms with Gasteiger partial charge in [0.2, 0.25) is 0 Å². The van der Waals surface area contributed by atoms with E-state index in [2.05, 4.69) is 15.2 Å². The summed E-state index contributed by atoms with van der Waals surface area (Å²) in [6.45, 7) is 4.06. The van der Waals surface area contributed by atoms with Crippen molar-refractivity contribution in [2.45, 2.75) is 19.9 Å². The number of carbonyl (C=O) groups excluding carboxylic acids is 1. The predicted octanol–water partition coefficient (Wildman–Crippen LogP) is 1.40. The molecule has 0 radical (unpaired) electrons. The summed E-state index contributed by atoms with van der Waals surface area (Å²) in [6, 6.07) is 5.28. The second-order valence-corrected chi connectivity index (χ2v) is 6.09. The zero-order chi connectivity index (χ0) is 18.5. The molecule has 3 aromatic rings. The van der Waals surface area contributed by atoms with Crippen LogP contribution in [0.25, 0.3) is 11.0 Å². The van der Waals surface area contributed by atoms with E-state index in [-0.39, 0.29) is 11.6 Å². The van der Waals surface area contributed by atoms with E-state index in [0.717, 1.165) is 17.5 Å². The second-order valence-electron chi connectivity index (χ2n) is 6.09. The summed E-state index contributed by atoms with van der Waals surface area (Å²) in [5, 5.41) is 6.66. The Hall–Kier alpha value is -2.87. The lowest BCUT2D eigenvalue weighted by Crippen LogP contribution is -2.28. The molecule has 8 nitrogen and oxygen atoms in total. The van der Waals surface area contributed by atoms with Crippen molar-refractivity contribution in [2.75, 3.05) is 26.8 Å². The third-order valence-electron chi connectivity index (χ3n) is 4.32. The number of aromatic nitrogens is 4. The largest absolute Gasteiger partial charge is 0.380 e. The van der Waals surface area contributed by atoms with Crippen molar-refractivity contribution in [3.63, 3.8) is 0 Å². The van der Waals surface area contributed by atoms with Crippen LogP contribution < -0.4 is 5.69 Å². The van der Waals surface area contributed by atoms with Crippen molar-refractivity contribution in [1.29, 1.82) is 0 Å². The van der Waals surface area contributed by atoms with Gasteiger partial charge in [0.05, 0.1) is 30.4 Å². The molecule has 138 valence electrons. The van der Waals surface area contributed by atoms with Crippen LogP contribution >= 0.6 is 0 Å². The van der Waals surface area contributed by atoms with E-state index in [1.165, 1.54) is 0 Å². The molecule has 3 rings (SSSR count). The van der Waals surface area contributed by atoms with Gasteiger partial charge >= 0.3 is 5.69 Å². The highest BCUT2D eigenvalue weighted by atomic mass is 16.5. The SMILES string of the molecule is CCOCCn1c(=O)[nH]c2cc(C(=O)N(C)CCc3cn[nH]c3)ccc21. The summed E-state index contributed by atoms with van der Waals surface area (Å²) in [7, 11) is 1.77. The highest BCUT2D eigenvalue weighted by Crippen LogP contribution is 2.14. The number of nitrogens with zero attached hydrogens (tertiary/aromatic N) is 3. The molecule has 2 heterocycles. The summed E-state index contributed by atoms with van der Waals surface area (Å²) >= 11 is 0. The highest BCUT2D eigenvalue weighted by Gasteiger charge is 2.14. The van der Waals surface area contributed by atoms with Crippen LogP contribution in [0.2, 0.25) is 0 Å². The Morgan fingerprint density at radius 3 is 2.96 bits per heavy atom. The van der Waals surface area contributed by atoms with E-state index in [0.29, 0.717) is 37.4 Å². The zero-order valence-electron chi connectivity index (χ0n) is 15.0. The van der Waals surface area contributed by atoms with E-state index in [1.807, 2.05) is 13.1 Å². The quantitative estimate of drug-likeness (QED) is 0.596. The number of amides is 1. The molecule has 2 N–H and O–H groups in total. The molecule has 26 heavy (non-hydrogen) atoms. The van der Waals surface area contributed by atoms with Gasteiger partial charge in [0, 0.05) is 32.0 Å². The van der Waals surface area contributed by atoms with Crippen molar-refractivity contribution >= 4 is 16.9 Å². The first-order valence-corrected chi connectivity index (χ1v) is 8.63. The minimum absolute atomic E-state index is 0.0849. The van der Waals surface area contributed by atoms with Crippen molar-refractivity contribution in [1.82, 2.24) is 24.6 Å². The Morgan fingerprint density at radius 2 is 2.23 bits per heavy atom. The molecule has 2 aromatic heterocycles.